The summed E-state index contributed by atoms with van der Waals surface area (Å²) in [5.41, 5.74) is 0. The van der Waals surface area contributed by atoms with Gasteiger partial charge in [0, 0.05) is 17.3 Å². The Morgan fingerprint density at radius 2 is 1.76 bits per heavy atom. The van der Waals surface area contributed by atoms with Gasteiger partial charge in [-0.3, -0.25) is 0 Å². The van der Waals surface area contributed by atoms with Crippen molar-refractivity contribution in [1.29, 1.82) is 0 Å². The fourth-order valence-electron chi connectivity index (χ4n) is 2.20. The molecule has 4 nitrogen and oxygen atoms in total. The smallest absolute Gasteiger partial charge is 0.241 e. The number of sulfonamides is 1. The topological polar surface area (TPSA) is 55.4 Å². The maximum atomic E-state index is 12.3. The van der Waals surface area contributed by atoms with E-state index in [9.17, 15) is 8.42 Å². The molecule has 0 aromatic heterocycles. The second-order valence-corrected chi connectivity index (χ2v) is 6.55. The average Bonchev–Trinajstić information content (AvgIpc) is 2.47. The fraction of sp³-hybridized carbons (Fsp3) is 0.375. The Kier molecular flexibility index (Phi) is 5.20. The molecule has 0 aliphatic rings. The second-order valence-electron chi connectivity index (χ2n) is 4.81. The van der Waals surface area contributed by atoms with E-state index in [1.165, 1.54) is 0 Å². The molecule has 0 saturated carbocycles. The number of rotatable bonds is 7. The van der Waals surface area contributed by atoms with Crippen LogP contribution in [0, 0.1) is 0 Å². The molecule has 0 atom stereocenters. The molecule has 2 aromatic rings. The van der Waals surface area contributed by atoms with Gasteiger partial charge in [0.05, 0.1) is 11.5 Å². The first-order valence-corrected chi connectivity index (χ1v) is 8.72. The summed E-state index contributed by atoms with van der Waals surface area (Å²) < 4.78 is 32.8. The van der Waals surface area contributed by atoms with E-state index in [4.69, 9.17) is 4.74 Å². The summed E-state index contributed by atoms with van der Waals surface area (Å²) >= 11 is 0. The minimum atomic E-state index is -3.48. The van der Waals surface area contributed by atoms with Gasteiger partial charge in [-0.1, -0.05) is 44.5 Å². The Bertz CT molecular complexity index is 711. The maximum absolute atomic E-state index is 12.3. The van der Waals surface area contributed by atoms with Crippen LogP contribution < -0.4 is 9.46 Å². The molecule has 2 rings (SSSR count). The molecule has 114 valence electrons. The van der Waals surface area contributed by atoms with Gasteiger partial charge in [0.2, 0.25) is 10.0 Å². The minimum Gasteiger partial charge on any atom is -0.493 e. The van der Waals surface area contributed by atoms with Crippen molar-refractivity contribution in [3.8, 4) is 5.75 Å². The van der Waals surface area contributed by atoms with E-state index in [2.05, 4.69) is 11.6 Å². The molecule has 0 aliphatic carbocycles. The number of fused-ring (bicyclic) bond motifs is 1. The fourth-order valence-corrected chi connectivity index (χ4v) is 3.45. The Hall–Kier alpha value is -1.59. The van der Waals surface area contributed by atoms with Crippen molar-refractivity contribution >= 4 is 20.8 Å². The number of hydrogen-bond acceptors (Lipinski definition) is 3. The van der Waals surface area contributed by atoms with Gasteiger partial charge in [0.15, 0.2) is 0 Å². The van der Waals surface area contributed by atoms with Crippen LogP contribution in [0.4, 0.5) is 0 Å². The predicted octanol–water partition coefficient (Wildman–Crippen LogP) is 3.32. The third kappa shape index (κ3) is 3.54. The van der Waals surface area contributed by atoms with Crippen LogP contribution in [0.15, 0.2) is 41.3 Å². The third-order valence-corrected chi connectivity index (χ3v) is 4.83. The zero-order valence-corrected chi connectivity index (χ0v) is 13.2. The predicted molar refractivity (Wildman–Crippen MR) is 85.2 cm³/mol. The lowest BCUT2D eigenvalue weighted by atomic mass is 10.1. The van der Waals surface area contributed by atoms with Gasteiger partial charge in [-0.25, -0.2) is 13.1 Å². The average molecular weight is 307 g/mol. The molecule has 1 N–H and O–H groups in total. The molecule has 0 aliphatic heterocycles. The molecular formula is C16H21NO3S. The van der Waals surface area contributed by atoms with Gasteiger partial charge in [-0.2, -0.15) is 0 Å². The lowest BCUT2D eigenvalue weighted by molar-refractivity contribution is 0.313. The number of nitrogens with one attached hydrogen (secondary N) is 1. The van der Waals surface area contributed by atoms with Gasteiger partial charge in [-0.15, -0.1) is 0 Å². The highest BCUT2D eigenvalue weighted by Crippen LogP contribution is 2.31. The Morgan fingerprint density at radius 3 is 2.43 bits per heavy atom. The zero-order chi connectivity index (χ0) is 15.3. The van der Waals surface area contributed by atoms with Gasteiger partial charge < -0.3 is 4.74 Å². The summed E-state index contributed by atoms with van der Waals surface area (Å²) in [6.45, 7) is 4.88. The summed E-state index contributed by atoms with van der Waals surface area (Å²) in [5.74, 6) is 0.731. The Labute approximate surface area is 126 Å². The first-order chi connectivity index (χ1) is 10.1. The molecule has 21 heavy (non-hydrogen) atoms. The van der Waals surface area contributed by atoms with E-state index in [-0.39, 0.29) is 0 Å². The van der Waals surface area contributed by atoms with Crippen LogP contribution in [0.25, 0.3) is 10.8 Å². The number of benzene rings is 2. The highest BCUT2D eigenvalue weighted by molar-refractivity contribution is 7.89. The van der Waals surface area contributed by atoms with E-state index >= 15 is 0 Å². The van der Waals surface area contributed by atoms with Crippen LogP contribution in [-0.4, -0.2) is 21.6 Å². The van der Waals surface area contributed by atoms with E-state index in [1.807, 2.05) is 24.3 Å². The van der Waals surface area contributed by atoms with E-state index in [1.54, 1.807) is 19.1 Å². The van der Waals surface area contributed by atoms with Crippen molar-refractivity contribution < 1.29 is 13.2 Å². The third-order valence-electron chi connectivity index (χ3n) is 3.22. The zero-order valence-electron chi connectivity index (χ0n) is 12.4. The molecule has 0 bridgehead atoms. The van der Waals surface area contributed by atoms with Gasteiger partial charge in [-0.05, 0) is 18.6 Å². The van der Waals surface area contributed by atoms with Gasteiger partial charge >= 0.3 is 0 Å². The van der Waals surface area contributed by atoms with Crippen LogP contribution in [0.2, 0.25) is 0 Å². The number of hydrogen-bond donors (Lipinski definition) is 1. The van der Waals surface area contributed by atoms with Crippen LogP contribution in [0.3, 0.4) is 0 Å². The van der Waals surface area contributed by atoms with E-state index in [0.717, 1.165) is 24.0 Å². The van der Waals surface area contributed by atoms with E-state index < -0.39 is 10.0 Å². The van der Waals surface area contributed by atoms with Crippen LogP contribution in [0.5, 0.6) is 5.75 Å². The minimum absolute atomic E-state index is 0.294. The molecule has 0 saturated heterocycles. The SMILES string of the molecule is CCCCOc1ccc(S(=O)(=O)NCC)c2ccccc12. The lowest BCUT2D eigenvalue weighted by Gasteiger charge is -2.13. The van der Waals surface area contributed by atoms with Crippen molar-refractivity contribution in [3.05, 3.63) is 36.4 Å². The molecule has 0 unspecified atom stereocenters. The van der Waals surface area contributed by atoms with Crippen LogP contribution in [0.1, 0.15) is 26.7 Å². The number of ether oxygens (including phenoxy) is 1. The second kappa shape index (κ2) is 6.91. The van der Waals surface area contributed by atoms with Crippen molar-refractivity contribution in [2.24, 2.45) is 0 Å². The molecular weight excluding hydrogens is 286 g/mol. The first-order valence-electron chi connectivity index (χ1n) is 7.24. The molecule has 2 aromatic carbocycles. The Morgan fingerprint density at radius 1 is 1.05 bits per heavy atom. The first kappa shape index (κ1) is 15.8. The maximum Gasteiger partial charge on any atom is 0.241 e. The highest BCUT2D eigenvalue weighted by Gasteiger charge is 2.17. The summed E-state index contributed by atoms with van der Waals surface area (Å²) in [7, 11) is -3.48. The monoisotopic (exact) mass is 307 g/mol. The van der Waals surface area contributed by atoms with Gasteiger partial charge in [0.1, 0.15) is 5.75 Å². The Balaban J connectivity index is 2.49. The summed E-state index contributed by atoms with van der Waals surface area (Å²) in [4.78, 5) is 0.294. The number of unbranched alkanes of at least 4 members (excludes halogenated alkanes) is 1. The van der Waals surface area contributed by atoms with Gasteiger partial charge in [0.25, 0.3) is 0 Å². The van der Waals surface area contributed by atoms with Crippen LogP contribution in [-0.2, 0) is 10.0 Å². The van der Waals surface area contributed by atoms with Crippen molar-refractivity contribution in [3.63, 3.8) is 0 Å². The highest BCUT2D eigenvalue weighted by atomic mass is 32.2. The molecule has 0 fully saturated rings. The lowest BCUT2D eigenvalue weighted by Crippen LogP contribution is -2.23. The quantitative estimate of drug-likeness (QED) is 0.798. The van der Waals surface area contributed by atoms with Crippen molar-refractivity contribution in [2.75, 3.05) is 13.2 Å². The van der Waals surface area contributed by atoms with Crippen molar-refractivity contribution in [1.82, 2.24) is 4.72 Å². The van der Waals surface area contributed by atoms with E-state index in [0.29, 0.717) is 23.4 Å². The summed E-state index contributed by atoms with van der Waals surface area (Å²) in [6, 6.07) is 10.8. The standard InChI is InChI=1S/C16H21NO3S/c1-3-5-12-20-15-10-11-16(21(18,19)17-4-2)14-9-7-6-8-13(14)15/h6-11,17H,3-5,12H2,1-2H3. The largest absolute Gasteiger partial charge is 0.493 e. The summed E-state index contributed by atoms with van der Waals surface area (Å²) in [6.07, 6.45) is 2.04. The van der Waals surface area contributed by atoms with Crippen molar-refractivity contribution in [2.45, 2.75) is 31.6 Å². The summed E-state index contributed by atoms with van der Waals surface area (Å²) in [5, 5.41) is 1.51. The molecule has 0 radical (unpaired) electrons. The normalized spacial score (nSPS) is 11.7. The molecule has 5 heteroatoms. The molecule has 0 spiro atoms. The molecule has 0 amide bonds. The molecule has 0 heterocycles. The van der Waals surface area contributed by atoms with Crippen LogP contribution >= 0.6 is 0 Å².